The molecule has 2 fully saturated rings. The van der Waals surface area contributed by atoms with Crippen molar-refractivity contribution in [3.05, 3.63) is 0 Å². The van der Waals surface area contributed by atoms with Gasteiger partial charge in [-0.2, -0.15) is 0 Å². The van der Waals surface area contributed by atoms with E-state index in [-0.39, 0.29) is 0 Å². The molecule has 10 heavy (non-hydrogen) atoms. The maximum absolute atomic E-state index is 2.44. The molecular formula is C10H18. The summed E-state index contributed by atoms with van der Waals surface area (Å²) >= 11 is 0. The van der Waals surface area contributed by atoms with Crippen LogP contribution in [0, 0.1) is 29.6 Å². The quantitative estimate of drug-likeness (QED) is 0.522. The monoisotopic (exact) mass is 138 g/mol. The zero-order chi connectivity index (χ0) is 7.30. The molecule has 0 amide bonds. The van der Waals surface area contributed by atoms with E-state index in [1.165, 1.54) is 6.42 Å². The summed E-state index contributed by atoms with van der Waals surface area (Å²) in [4.78, 5) is 0. The number of rotatable bonds is 1. The van der Waals surface area contributed by atoms with E-state index in [1.54, 1.807) is 6.42 Å². The Morgan fingerprint density at radius 3 is 2.00 bits per heavy atom. The molecule has 2 aliphatic carbocycles. The second-order valence-corrected chi connectivity index (χ2v) is 4.68. The summed E-state index contributed by atoms with van der Waals surface area (Å²) in [7, 11) is 0. The molecule has 0 aliphatic heterocycles. The highest BCUT2D eigenvalue weighted by molar-refractivity contribution is 5.01. The Kier molecular flexibility index (Phi) is 1.33. The highest BCUT2D eigenvalue weighted by Crippen LogP contribution is 2.60. The van der Waals surface area contributed by atoms with Crippen LogP contribution in [-0.4, -0.2) is 0 Å². The van der Waals surface area contributed by atoms with Crippen LogP contribution in [0.15, 0.2) is 0 Å². The van der Waals surface area contributed by atoms with E-state index in [0.29, 0.717) is 0 Å². The molecule has 0 bridgehead atoms. The van der Waals surface area contributed by atoms with Gasteiger partial charge in [-0.1, -0.05) is 20.8 Å². The van der Waals surface area contributed by atoms with E-state index in [4.69, 9.17) is 0 Å². The lowest BCUT2D eigenvalue weighted by molar-refractivity contribution is 0.332. The Hall–Kier alpha value is 0. The Morgan fingerprint density at radius 2 is 1.80 bits per heavy atom. The zero-order valence-corrected chi connectivity index (χ0v) is 7.30. The Morgan fingerprint density at radius 1 is 1.10 bits per heavy atom. The molecule has 4 unspecified atom stereocenters. The fourth-order valence-electron chi connectivity index (χ4n) is 2.93. The Bertz CT molecular complexity index is 137. The summed E-state index contributed by atoms with van der Waals surface area (Å²) in [6, 6.07) is 0. The van der Waals surface area contributed by atoms with Gasteiger partial charge in [0, 0.05) is 0 Å². The van der Waals surface area contributed by atoms with Crippen LogP contribution in [0.4, 0.5) is 0 Å². The van der Waals surface area contributed by atoms with Gasteiger partial charge < -0.3 is 0 Å². The lowest BCUT2D eigenvalue weighted by Crippen LogP contribution is -2.08. The van der Waals surface area contributed by atoms with Gasteiger partial charge in [-0.3, -0.25) is 0 Å². The molecule has 4 atom stereocenters. The second-order valence-electron chi connectivity index (χ2n) is 4.68. The Labute approximate surface area is 64.0 Å². The molecule has 2 aliphatic rings. The number of fused-ring (bicyclic) bond motifs is 1. The first-order valence-electron chi connectivity index (χ1n) is 4.70. The van der Waals surface area contributed by atoms with Gasteiger partial charge in [-0.25, -0.2) is 0 Å². The largest absolute Gasteiger partial charge is 0.0625 e. The summed E-state index contributed by atoms with van der Waals surface area (Å²) < 4.78 is 0. The normalized spacial score (nSPS) is 51.6. The van der Waals surface area contributed by atoms with Crippen molar-refractivity contribution >= 4 is 0 Å². The topological polar surface area (TPSA) is 0 Å². The Balaban J connectivity index is 2.01. The molecule has 2 saturated carbocycles. The highest BCUT2D eigenvalue weighted by Gasteiger charge is 2.52. The average Bonchev–Trinajstić information content (AvgIpc) is 2.55. The van der Waals surface area contributed by atoms with Gasteiger partial charge in [0.2, 0.25) is 0 Å². The van der Waals surface area contributed by atoms with Crippen LogP contribution in [0.2, 0.25) is 0 Å². The summed E-state index contributed by atoms with van der Waals surface area (Å²) in [5.74, 6) is 5.37. The predicted octanol–water partition coefficient (Wildman–Crippen LogP) is 2.93. The lowest BCUT2D eigenvalue weighted by Gasteiger charge is -2.16. The minimum absolute atomic E-state index is 0.944. The van der Waals surface area contributed by atoms with Gasteiger partial charge in [-0.05, 0) is 42.4 Å². The van der Waals surface area contributed by atoms with Crippen molar-refractivity contribution in [2.45, 2.75) is 33.6 Å². The third-order valence-electron chi connectivity index (χ3n) is 3.67. The molecule has 0 aromatic rings. The molecule has 0 N–H and O–H groups in total. The molecular weight excluding hydrogens is 120 g/mol. The molecule has 2 rings (SSSR count). The van der Waals surface area contributed by atoms with Crippen LogP contribution in [0.1, 0.15) is 33.6 Å². The lowest BCUT2D eigenvalue weighted by atomic mass is 9.89. The molecule has 0 heteroatoms. The first-order chi connectivity index (χ1) is 4.70. The van der Waals surface area contributed by atoms with E-state index in [2.05, 4.69) is 20.8 Å². The van der Waals surface area contributed by atoms with Gasteiger partial charge in [0.15, 0.2) is 0 Å². The SMILES string of the molecule is CC(C)C1CC(C)C2CC12. The molecule has 0 aromatic carbocycles. The summed E-state index contributed by atoms with van der Waals surface area (Å²) in [6.07, 6.45) is 3.08. The highest BCUT2D eigenvalue weighted by atomic mass is 14.6. The molecule has 0 heterocycles. The average molecular weight is 138 g/mol. The van der Waals surface area contributed by atoms with E-state index in [9.17, 15) is 0 Å². The fourth-order valence-corrected chi connectivity index (χ4v) is 2.93. The van der Waals surface area contributed by atoms with Crippen LogP contribution in [0.25, 0.3) is 0 Å². The van der Waals surface area contributed by atoms with Crippen LogP contribution in [0.5, 0.6) is 0 Å². The standard InChI is InChI=1S/C10H18/c1-6(2)8-4-7(3)9-5-10(8)9/h6-10H,4-5H2,1-3H3. The van der Waals surface area contributed by atoms with Gasteiger partial charge in [0.05, 0.1) is 0 Å². The third kappa shape index (κ3) is 0.810. The van der Waals surface area contributed by atoms with Crippen molar-refractivity contribution in [2.75, 3.05) is 0 Å². The van der Waals surface area contributed by atoms with Crippen molar-refractivity contribution in [3.8, 4) is 0 Å². The maximum atomic E-state index is 2.44. The second kappa shape index (κ2) is 1.99. The van der Waals surface area contributed by atoms with Crippen molar-refractivity contribution in [1.82, 2.24) is 0 Å². The minimum atomic E-state index is 0.944. The predicted molar refractivity (Wildman–Crippen MR) is 43.7 cm³/mol. The molecule has 0 aromatic heterocycles. The van der Waals surface area contributed by atoms with Crippen LogP contribution >= 0.6 is 0 Å². The van der Waals surface area contributed by atoms with Gasteiger partial charge >= 0.3 is 0 Å². The van der Waals surface area contributed by atoms with E-state index in [0.717, 1.165) is 29.6 Å². The van der Waals surface area contributed by atoms with Crippen molar-refractivity contribution in [1.29, 1.82) is 0 Å². The zero-order valence-electron chi connectivity index (χ0n) is 7.30. The summed E-state index contributed by atoms with van der Waals surface area (Å²) in [5, 5.41) is 0. The van der Waals surface area contributed by atoms with E-state index < -0.39 is 0 Å². The molecule has 0 nitrogen and oxygen atoms in total. The molecule has 58 valence electrons. The van der Waals surface area contributed by atoms with Gasteiger partial charge in [0.1, 0.15) is 0 Å². The smallest absolute Gasteiger partial charge is 0.0349 e. The van der Waals surface area contributed by atoms with Gasteiger partial charge in [-0.15, -0.1) is 0 Å². The van der Waals surface area contributed by atoms with Crippen LogP contribution in [-0.2, 0) is 0 Å². The van der Waals surface area contributed by atoms with Crippen molar-refractivity contribution in [3.63, 3.8) is 0 Å². The molecule has 0 saturated heterocycles. The first kappa shape index (κ1) is 6.69. The van der Waals surface area contributed by atoms with Gasteiger partial charge in [0.25, 0.3) is 0 Å². The third-order valence-corrected chi connectivity index (χ3v) is 3.67. The van der Waals surface area contributed by atoms with E-state index >= 15 is 0 Å². The fraction of sp³-hybridized carbons (Fsp3) is 1.00. The van der Waals surface area contributed by atoms with Crippen molar-refractivity contribution < 1.29 is 0 Å². The minimum Gasteiger partial charge on any atom is -0.0625 e. The maximum Gasteiger partial charge on any atom is -0.0349 e. The van der Waals surface area contributed by atoms with Crippen LogP contribution < -0.4 is 0 Å². The molecule has 0 spiro atoms. The van der Waals surface area contributed by atoms with Crippen molar-refractivity contribution in [2.24, 2.45) is 29.6 Å². The number of hydrogen-bond acceptors (Lipinski definition) is 0. The molecule has 0 radical (unpaired) electrons. The number of hydrogen-bond donors (Lipinski definition) is 0. The van der Waals surface area contributed by atoms with Crippen LogP contribution in [0.3, 0.4) is 0 Å². The summed E-state index contributed by atoms with van der Waals surface area (Å²) in [6.45, 7) is 7.21. The summed E-state index contributed by atoms with van der Waals surface area (Å²) in [5.41, 5.74) is 0. The van der Waals surface area contributed by atoms with E-state index in [1.807, 2.05) is 0 Å². The first-order valence-corrected chi connectivity index (χ1v) is 4.70.